The number of benzene rings is 1. The number of hydrogen-bond acceptors (Lipinski definition) is 3. The highest BCUT2D eigenvalue weighted by molar-refractivity contribution is 6.35. The van der Waals surface area contributed by atoms with Crippen molar-refractivity contribution >= 4 is 34.9 Å². The molecule has 5 nitrogen and oxygen atoms in total. The van der Waals surface area contributed by atoms with Gasteiger partial charge in [-0.1, -0.05) is 28.4 Å². The van der Waals surface area contributed by atoms with E-state index in [0.29, 0.717) is 10.0 Å². The van der Waals surface area contributed by atoms with Crippen LogP contribution in [0.4, 0.5) is 0 Å². The molecular weight excluding hydrogens is 289 g/mol. The summed E-state index contributed by atoms with van der Waals surface area (Å²) in [5, 5.41) is 15.1. The first-order valence-corrected chi connectivity index (χ1v) is 6.52. The predicted octanol–water partition coefficient (Wildman–Crippen LogP) is 2.25. The normalized spacial score (nSPS) is 17.1. The summed E-state index contributed by atoms with van der Waals surface area (Å²) in [6.07, 6.45) is 1.87. The van der Waals surface area contributed by atoms with Gasteiger partial charge in [-0.15, -0.1) is 0 Å². The Bertz CT molecular complexity index is 530. The fraction of sp³-hybridized carbons (Fsp3) is 0.333. The third-order valence-electron chi connectivity index (χ3n) is 2.99. The number of halogens is 2. The van der Waals surface area contributed by atoms with Crippen molar-refractivity contribution in [2.75, 3.05) is 0 Å². The SMILES string of the molecule is NC(=NO)C(NC(=O)c1cc(Cl)ccc1Cl)C1CC1. The van der Waals surface area contributed by atoms with Crippen LogP contribution in [0.3, 0.4) is 0 Å². The van der Waals surface area contributed by atoms with Gasteiger partial charge in [0.1, 0.15) is 0 Å². The smallest absolute Gasteiger partial charge is 0.253 e. The van der Waals surface area contributed by atoms with Crippen LogP contribution in [0.2, 0.25) is 10.0 Å². The van der Waals surface area contributed by atoms with E-state index in [4.69, 9.17) is 34.1 Å². The first-order valence-electron chi connectivity index (χ1n) is 5.76. The summed E-state index contributed by atoms with van der Waals surface area (Å²) in [6, 6.07) is 4.15. The standard InChI is InChI=1S/C12H13Cl2N3O2/c13-7-3-4-9(14)8(5-7)12(18)16-10(6-1-2-6)11(15)17-19/h3-6,10,19H,1-2H2,(H2,15,17)(H,16,18). The molecule has 0 spiro atoms. The molecule has 7 heteroatoms. The summed E-state index contributed by atoms with van der Waals surface area (Å²) in [6.45, 7) is 0. The Kier molecular flexibility index (Phi) is 4.17. The van der Waals surface area contributed by atoms with E-state index in [-0.39, 0.29) is 17.3 Å². The monoisotopic (exact) mass is 301 g/mol. The molecule has 0 aliphatic heterocycles. The van der Waals surface area contributed by atoms with Gasteiger partial charge < -0.3 is 16.3 Å². The van der Waals surface area contributed by atoms with Gasteiger partial charge in [0.05, 0.1) is 16.6 Å². The van der Waals surface area contributed by atoms with Gasteiger partial charge in [0.2, 0.25) is 0 Å². The van der Waals surface area contributed by atoms with Crippen LogP contribution >= 0.6 is 23.2 Å². The molecule has 102 valence electrons. The predicted molar refractivity (Wildman–Crippen MR) is 73.8 cm³/mol. The maximum absolute atomic E-state index is 12.1. The molecule has 0 heterocycles. The largest absolute Gasteiger partial charge is 0.409 e. The van der Waals surface area contributed by atoms with E-state index in [2.05, 4.69) is 10.5 Å². The first kappa shape index (κ1) is 14.0. The van der Waals surface area contributed by atoms with Crippen molar-refractivity contribution in [2.24, 2.45) is 16.8 Å². The number of nitrogens with one attached hydrogen (secondary N) is 1. The molecule has 1 saturated carbocycles. The molecule has 1 amide bonds. The highest BCUT2D eigenvalue weighted by Gasteiger charge is 2.35. The lowest BCUT2D eigenvalue weighted by Crippen LogP contribution is -2.46. The zero-order valence-corrected chi connectivity index (χ0v) is 11.4. The van der Waals surface area contributed by atoms with E-state index in [1.807, 2.05) is 0 Å². The molecule has 0 radical (unpaired) electrons. The van der Waals surface area contributed by atoms with Crippen molar-refractivity contribution in [3.8, 4) is 0 Å². The second-order valence-corrected chi connectivity index (χ2v) is 5.28. The van der Waals surface area contributed by atoms with Crippen LogP contribution in [-0.4, -0.2) is 23.0 Å². The molecule has 4 N–H and O–H groups in total. The molecule has 0 saturated heterocycles. The molecule has 1 aliphatic rings. The minimum atomic E-state index is -0.479. The molecule has 1 aromatic rings. The summed E-state index contributed by atoms with van der Waals surface area (Å²) in [5.41, 5.74) is 5.85. The Morgan fingerprint density at radius 1 is 1.47 bits per heavy atom. The minimum absolute atomic E-state index is 0.00556. The molecule has 1 aromatic carbocycles. The number of nitrogens with zero attached hydrogens (tertiary/aromatic N) is 1. The van der Waals surface area contributed by atoms with Crippen molar-refractivity contribution in [3.63, 3.8) is 0 Å². The van der Waals surface area contributed by atoms with Gasteiger partial charge >= 0.3 is 0 Å². The zero-order valence-electron chi connectivity index (χ0n) is 9.94. The van der Waals surface area contributed by atoms with Crippen LogP contribution in [0.15, 0.2) is 23.4 Å². The van der Waals surface area contributed by atoms with Crippen LogP contribution in [0.1, 0.15) is 23.2 Å². The van der Waals surface area contributed by atoms with E-state index in [0.717, 1.165) is 12.8 Å². The summed E-state index contributed by atoms with van der Waals surface area (Å²) < 4.78 is 0. The van der Waals surface area contributed by atoms with Gasteiger partial charge in [0, 0.05) is 5.02 Å². The van der Waals surface area contributed by atoms with E-state index in [1.54, 1.807) is 12.1 Å². The number of rotatable bonds is 4. The summed E-state index contributed by atoms with van der Waals surface area (Å²) in [4.78, 5) is 12.1. The Morgan fingerprint density at radius 3 is 2.74 bits per heavy atom. The summed E-state index contributed by atoms with van der Waals surface area (Å²) >= 11 is 11.8. The Hall–Kier alpha value is -1.46. The number of amidine groups is 1. The lowest BCUT2D eigenvalue weighted by Gasteiger charge is -2.17. The lowest BCUT2D eigenvalue weighted by atomic mass is 10.1. The number of carbonyl (C=O) groups is 1. The second kappa shape index (κ2) is 5.67. The fourth-order valence-corrected chi connectivity index (χ4v) is 2.19. The molecule has 1 fully saturated rings. The average Bonchev–Trinajstić information content (AvgIpc) is 3.22. The van der Waals surface area contributed by atoms with Crippen LogP contribution < -0.4 is 11.1 Å². The quantitative estimate of drug-likeness (QED) is 0.345. The number of carbonyl (C=O) groups excluding carboxylic acids is 1. The van der Waals surface area contributed by atoms with Gasteiger partial charge in [-0.3, -0.25) is 4.79 Å². The van der Waals surface area contributed by atoms with Gasteiger partial charge in [0.25, 0.3) is 5.91 Å². The topological polar surface area (TPSA) is 87.7 Å². The van der Waals surface area contributed by atoms with Gasteiger partial charge in [-0.05, 0) is 37.0 Å². The highest BCUT2D eigenvalue weighted by atomic mass is 35.5. The van der Waals surface area contributed by atoms with Crippen molar-refractivity contribution < 1.29 is 10.0 Å². The van der Waals surface area contributed by atoms with E-state index >= 15 is 0 Å². The molecule has 0 bridgehead atoms. The summed E-state index contributed by atoms with van der Waals surface area (Å²) in [5.74, 6) is -0.192. The number of nitrogens with two attached hydrogens (primary N) is 1. The third kappa shape index (κ3) is 3.30. The van der Waals surface area contributed by atoms with Crippen molar-refractivity contribution in [2.45, 2.75) is 18.9 Å². The zero-order chi connectivity index (χ0) is 14.0. The maximum Gasteiger partial charge on any atom is 0.253 e. The van der Waals surface area contributed by atoms with Crippen LogP contribution in [-0.2, 0) is 0 Å². The molecule has 1 unspecified atom stereocenters. The van der Waals surface area contributed by atoms with Gasteiger partial charge in [-0.25, -0.2) is 0 Å². The third-order valence-corrected chi connectivity index (χ3v) is 3.55. The molecular formula is C12H13Cl2N3O2. The minimum Gasteiger partial charge on any atom is -0.409 e. The van der Waals surface area contributed by atoms with Gasteiger partial charge in [-0.2, -0.15) is 0 Å². The Morgan fingerprint density at radius 2 is 2.16 bits per heavy atom. The second-order valence-electron chi connectivity index (χ2n) is 4.44. The summed E-state index contributed by atoms with van der Waals surface area (Å²) in [7, 11) is 0. The fourth-order valence-electron chi connectivity index (χ4n) is 1.82. The van der Waals surface area contributed by atoms with E-state index in [9.17, 15) is 4.79 Å². The lowest BCUT2D eigenvalue weighted by molar-refractivity contribution is 0.0943. The molecule has 0 aromatic heterocycles. The highest BCUT2D eigenvalue weighted by Crippen LogP contribution is 2.33. The van der Waals surface area contributed by atoms with E-state index in [1.165, 1.54) is 6.07 Å². The van der Waals surface area contributed by atoms with Crippen LogP contribution in [0, 0.1) is 5.92 Å². The number of hydrogen-bond donors (Lipinski definition) is 3. The van der Waals surface area contributed by atoms with Gasteiger partial charge in [0.15, 0.2) is 5.84 Å². The van der Waals surface area contributed by atoms with Crippen LogP contribution in [0.5, 0.6) is 0 Å². The molecule has 1 atom stereocenters. The average molecular weight is 302 g/mol. The van der Waals surface area contributed by atoms with Crippen molar-refractivity contribution in [1.29, 1.82) is 0 Å². The van der Waals surface area contributed by atoms with Crippen molar-refractivity contribution in [1.82, 2.24) is 5.32 Å². The number of amides is 1. The number of oxime groups is 1. The van der Waals surface area contributed by atoms with Crippen molar-refractivity contribution in [3.05, 3.63) is 33.8 Å². The maximum atomic E-state index is 12.1. The molecule has 19 heavy (non-hydrogen) atoms. The Labute approximate surface area is 120 Å². The molecule has 1 aliphatic carbocycles. The Balaban J connectivity index is 2.17. The van der Waals surface area contributed by atoms with E-state index < -0.39 is 11.9 Å². The van der Waals surface area contributed by atoms with Crippen LogP contribution in [0.25, 0.3) is 0 Å². The molecule has 2 rings (SSSR count). The first-order chi connectivity index (χ1) is 9.02.